The van der Waals surface area contributed by atoms with Gasteiger partial charge in [0.25, 0.3) is 5.69 Å². The maximum Gasteiger partial charge on any atom is 0.269 e. The van der Waals surface area contributed by atoms with Gasteiger partial charge < -0.3 is 11.5 Å². The third-order valence-electron chi connectivity index (χ3n) is 2.80. The molecule has 0 unspecified atom stereocenters. The van der Waals surface area contributed by atoms with Crippen LogP contribution >= 0.6 is 17.0 Å². The van der Waals surface area contributed by atoms with Crippen LogP contribution in [0.5, 0.6) is 0 Å². The quantitative estimate of drug-likeness (QED) is 0.604. The molecule has 1 aliphatic rings. The number of aliphatic imine (C=N–C) groups is 2. The van der Waals surface area contributed by atoms with Gasteiger partial charge in [0.05, 0.1) is 4.92 Å². The van der Waals surface area contributed by atoms with E-state index in [0.717, 1.165) is 0 Å². The Balaban J connectivity index is 0.00000242. The Labute approximate surface area is 137 Å². The molecule has 0 aliphatic carbocycles. The molecule has 0 aromatic heterocycles. The summed E-state index contributed by atoms with van der Waals surface area (Å²) < 4.78 is 0. The lowest BCUT2D eigenvalue weighted by Crippen LogP contribution is -2.53. The summed E-state index contributed by atoms with van der Waals surface area (Å²) in [6.07, 6.45) is 0. The molecule has 120 valence electrons. The number of rotatable bonds is 4. The minimum Gasteiger partial charge on any atom is -0.368 e. The van der Waals surface area contributed by atoms with Gasteiger partial charge >= 0.3 is 0 Å². The summed E-state index contributed by atoms with van der Waals surface area (Å²) in [5.41, 5.74) is 11.1. The second-order valence-corrected chi connectivity index (χ2v) is 4.93. The third kappa shape index (κ3) is 3.92. The van der Waals surface area contributed by atoms with Crippen molar-refractivity contribution in [1.29, 1.82) is 0 Å². The summed E-state index contributed by atoms with van der Waals surface area (Å²) in [5.74, 6) is 0.158. The zero-order chi connectivity index (χ0) is 15.6. The summed E-state index contributed by atoms with van der Waals surface area (Å²) in [7, 11) is 0. The fourth-order valence-electron chi connectivity index (χ4n) is 1.92. The molecule has 4 N–H and O–H groups in total. The van der Waals surface area contributed by atoms with Gasteiger partial charge in [-0.05, 0) is 19.4 Å². The van der Waals surface area contributed by atoms with Crippen LogP contribution in [0.4, 0.5) is 5.69 Å². The van der Waals surface area contributed by atoms with Gasteiger partial charge in [0.15, 0.2) is 5.66 Å². The molecule has 0 atom stereocenters. The summed E-state index contributed by atoms with van der Waals surface area (Å²) in [4.78, 5) is 23.8. The molecule has 9 nitrogen and oxygen atoms in total. The zero-order valence-electron chi connectivity index (χ0n) is 12.1. The number of nitro benzene ring substituents is 1. The second-order valence-electron chi connectivity index (χ2n) is 4.93. The largest absolute Gasteiger partial charge is 0.368 e. The number of hydrogen-bond acceptors (Lipinski definition) is 8. The first-order valence-corrected chi connectivity index (χ1v) is 6.15. The predicted molar refractivity (Wildman–Crippen MR) is 87.4 cm³/mol. The number of guanidine groups is 2. The molecular formula is C12H17BrN6O3. The number of nitrogens with zero attached hydrogens (tertiary/aromatic N) is 4. The molecule has 0 amide bonds. The molecule has 1 aromatic carbocycles. The number of nitro groups is 1. The molecule has 0 saturated carbocycles. The minimum atomic E-state index is -0.809. The number of halogens is 1. The first-order valence-electron chi connectivity index (χ1n) is 6.15. The van der Waals surface area contributed by atoms with E-state index in [-0.39, 0.29) is 41.2 Å². The Morgan fingerprint density at radius 3 is 2.68 bits per heavy atom. The van der Waals surface area contributed by atoms with Gasteiger partial charge in [-0.3, -0.25) is 15.0 Å². The third-order valence-corrected chi connectivity index (χ3v) is 2.80. The summed E-state index contributed by atoms with van der Waals surface area (Å²) in [6, 6.07) is 6.15. The lowest BCUT2D eigenvalue weighted by molar-refractivity contribution is -0.385. The molecule has 0 saturated heterocycles. The summed E-state index contributed by atoms with van der Waals surface area (Å²) >= 11 is 0. The van der Waals surface area contributed by atoms with E-state index in [1.54, 1.807) is 26.0 Å². The fourth-order valence-corrected chi connectivity index (χ4v) is 1.92. The van der Waals surface area contributed by atoms with E-state index in [0.29, 0.717) is 5.56 Å². The van der Waals surface area contributed by atoms with Crippen LogP contribution in [0.1, 0.15) is 19.4 Å². The first-order chi connectivity index (χ1) is 9.79. The Bertz CT molecular complexity index is 631. The topological polar surface area (TPSA) is 132 Å². The molecule has 10 heteroatoms. The molecule has 0 fully saturated rings. The molecule has 2 rings (SSSR count). The van der Waals surface area contributed by atoms with Crippen molar-refractivity contribution in [3.63, 3.8) is 0 Å². The predicted octanol–water partition coefficient (Wildman–Crippen LogP) is 1.29. The van der Waals surface area contributed by atoms with Crippen molar-refractivity contribution in [3.8, 4) is 0 Å². The molecule has 0 radical (unpaired) electrons. The van der Waals surface area contributed by atoms with E-state index in [1.807, 2.05) is 0 Å². The summed E-state index contributed by atoms with van der Waals surface area (Å²) in [5, 5.41) is 12.1. The van der Waals surface area contributed by atoms with E-state index < -0.39 is 10.6 Å². The van der Waals surface area contributed by atoms with Crippen LogP contribution in [-0.2, 0) is 11.4 Å². The van der Waals surface area contributed by atoms with Gasteiger partial charge in [-0.2, -0.15) is 10.1 Å². The van der Waals surface area contributed by atoms with Gasteiger partial charge in [-0.25, -0.2) is 4.99 Å². The maximum absolute atomic E-state index is 10.7. The van der Waals surface area contributed by atoms with Crippen molar-refractivity contribution in [1.82, 2.24) is 5.06 Å². The van der Waals surface area contributed by atoms with Crippen LogP contribution in [0.25, 0.3) is 0 Å². The van der Waals surface area contributed by atoms with Crippen molar-refractivity contribution in [2.75, 3.05) is 0 Å². The Hall–Kier alpha value is -2.20. The van der Waals surface area contributed by atoms with Gasteiger partial charge in [0.2, 0.25) is 11.9 Å². The van der Waals surface area contributed by atoms with Crippen LogP contribution in [0.3, 0.4) is 0 Å². The number of non-ortho nitro benzene ring substituents is 1. The van der Waals surface area contributed by atoms with Gasteiger partial charge in [-0.1, -0.05) is 12.1 Å². The maximum atomic E-state index is 10.7. The SMILES string of the molecule is Br.CC1(C)N=C(N)N=C(N)N1OCc1cccc([N+](=O)[O-])c1. The van der Waals surface area contributed by atoms with Crippen LogP contribution in [0.2, 0.25) is 0 Å². The number of hydroxylamine groups is 2. The summed E-state index contributed by atoms with van der Waals surface area (Å²) in [6.45, 7) is 3.61. The number of nitrogens with two attached hydrogens (primary N) is 2. The first kappa shape index (κ1) is 17.9. The monoisotopic (exact) mass is 372 g/mol. The second kappa shape index (κ2) is 6.71. The smallest absolute Gasteiger partial charge is 0.269 e. The molecule has 22 heavy (non-hydrogen) atoms. The number of benzene rings is 1. The molecule has 1 aromatic rings. The van der Waals surface area contributed by atoms with Crippen LogP contribution in [0.15, 0.2) is 34.3 Å². The highest BCUT2D eigenvalue weighted by Crippen LogP contribution is 2.21. The highest BCUT2D eigenvalue weighted by Gasteiger charge is 2.33. The van der Waals surface area contributed by atoms with Crippen molar-refractivity contribution in [3.05, 3.63) is 39.9 Å². The lowest BCUT2D eigenvalue weighted by atomic mass is 10.2. The fraction of sp³-hybridized carbons (Fsp3) is 0.333. The molecule has 0 spiro atoms. The lowest BCUT2D eigenvalue weighted by Gasteiger charge is -2.36. The van der Waals surface area contributed by atoms with Crippen LogP contribution in [-0.4, -0.2) is 27.6 Å². The highest BCUT2D eigenvalue weighted by atomic mass is 79.9. The Kier molecular flexibility index (Phi) is 5.44. The van der Waals surface area contributed by atoms with E-state index in [4.69, 9.17) is 16.3 Å². The average Bonchev–Trinajstić information content (AvgIpc) is 2.36. The molecule has 1 aliphatic heterocycles. The molecule has 1 heterocycles. The van der Waals surface area contributed by atoms with Crippen molar-refractivity contribution >= 4 is 34.6 Å². The van der Waals surface area contributed by atoms with Crippen molar-refractivity contribution in [2.24, 2.45) is 21.5 Å². The molecule has 0 bridgehead atoms. The Morgan fingerprint density at radius 1 is 1.41 bits per heavy atom. The van der Waals surface area contributed by atoms with E-state index in [9.17, 15) is 10.1 Å². The van der Waals surface area contributed by atoms with Crippen LogP contribution < -0.4 is 11.5 Å². The van der Waals surface area contributed by atoms with E-state index in [2.05, 4.69) is 9.98 Å². The van der Waals surface area contributed by atoms with Gasteiger partial charge in [-0.15, -0.1) is 17.0 Å². The molecular weight excluding hydrogens is 356 g/mol. The van der Waals surface area contributed by atoms with Gasteiger partial charge in [0, 0.05) is 12.1 Å². The van der Waals surface area contributed by atoms with E-state index in [1.165, 1.54) is 17.2 Å². The standard InChI is InChI=1S/C12H16N6O3.BrH/c1-12(2)16-10(13)15-11(14)17(12)21-7-8-4-3-5-9(6-8)18(19)20;/h3-6H,7H2,1-2H3,(H4,13,14,15,16);1H. The Morgan fingerprint density at radius 2 is 2.09 bits per heavy atom. The van der Waals surface area contributed by atoms with Crippen LogP contribution in [0, 0.1) is 10.1 Å². The van der Waals surface area contributed by atoms with E-state index >= 15 is 0 Å². The minimum absolute atomic E-state index is 0. The number of hydrogen-bond donors (Lipinski definition) is 2. The highest BCUT2D eigenvalue weighted by molar-refractivity contribution is 8.93. The van der Waals surface area contributed by atoms with Crippen molar-refractivity contribution in [2.45, 2.75) is 26.1 Å². The average molecular weight is 373 g/mol. The van der Waals surface area contributed by atoms with Crippen molar-refractivity contribution < 1.29 is 9.76 Å². The zero-order valence-corrected chi connectivity index (χ0v) is 13.8. The normalized spacial score (nSPS) is 16.4. The van der Waals surface area contributed by atoms with Gasteiger partial charge in [0.1, 0.15) is 6.61 Å².